The van der Waals surface area contributed by atoms with Gasteiger partial charge in [0.2, 0.25) is 0 Å². The molecule has 226 valence electrons. The van der Waals surface area contributed by atoms with Gasteiger partial charge in [-0.1, -0.05) is 31.5 Å². The SMILES string of the molecule is C=CCc1cc(/C=N/NC(=O)C(NC(=O)c2ccc(Cl)cc2)C(C)C)cc(OCC)c1OCC(=O)Nc1ccc(F)cc1. The summed E-state index contributed by atoms with van der Waals surface area (Å²) in [5, 5.41) is 9.97. The second kappa shape index (κ2) is 16.1. The molecule has 3 amide bonds. The van der Waals surface area contributed by atoms with Crippen LogP contribution in [0, 0.1) is 11.7 Å². The normalized spacial score (nSPS) is 11.6. The molecule has 3 aromatic rings. The second-order valence-electron chi connectivity index (χ2n) is 9.71. The minimum atomic E-state index is -0.840. The van der Waals surface area contributed by atoms with E-state index in [2.05, 4.69) is 27.7 Å². The number of rotatable bonds is 14. The van der Waals surface area contributed by atoms with Crippen LogP contribution in [-0.2, 0) is 16.0 Å². The van der Waals surface area contributed by atoms with Gasteiger partial charge in [-0.15, -0.1) is 6.58 Å². The van der Waals surface area contributed by atoms with E-state index in [4.69, 9.17) is 21.1 Å². The van der Waals surface area contributed by atoms with Crippen LogP contribution < -0.4 is 25.5 Å². The van der Waals surface area contributed by atoms with Gasteiger partial charge in [-0.25, -0.2) is 9.82 Å². The second-order valence-corrected chi connectivity index (χ2v) is 10.1. The molecule has 3 N–H and O–H groups in total. The summed E-state index contributed by atoms with van der Waals surface area (Å²) in [5.41, 5.74) is 4.57. The largest absolute Gasteiger partial charge is 0.490 e. The number of carbonyl (C=O) groups is 3. The van der Waals surface area contributed by atoms with Gasteiger partial charge in [0, 0.05) is 21.8 Å². The van der Waals surface area contributed by atoms with Crippen LogP contribution in [0.3, 0.4) is 0 Å². The summed E-state index contributed by atoms with van der Waals surface area (Å²) in [4.78, 5) is 38.0. The third-order valence-electron chi connectivity index (χ3n) is 6.02. The Morgan fingerprint density at radius 1 is 1.05 bits per heavy atom. The van der Waals surface area contributed by atoms with Gasteiger partial charge in [-0.3, -0.25) is 14.4 Å². The highest BCUT2D eigenvalue weighted by Gasteiger charge is 2.24. The summed E-state index contributed by atoms with van der Waals surface area (Å²) in [6, 6.07) is 14.3. The van der Waals surface area contributed by atoms with Gasteiger partial charge in [0.25, 0.3) is 17.7 Å². The van der Waals surface area contributed by atoms with Crippen molar-refractivity contribution in [1.29, 1.82) is 0 Å². The fourth-order valence-corrected chi connectivity index (χ4v) is 4.09. The lowest BCUT2D eigenvalue weighted by molar-refractivity contribution is -0.124. The van der Waals surface area contributed by atoms with E-state index in [9.17, 15) is 18.8 Å². The highest BCUT2D eigenvalue weighted by atomic mass is 35.5. The number of hydrazone groups is 1. The molecule has 3 rings (SSSR count). The molecule has 0 spiro atoms. The van der Waals surface area contributed by atoms with Crippen molar-refractivity contribution in [2.45, 2.75) is 33.2 Å². The Bertz CT molecular complexity index is 1460. The van der Waals surface area contributed by atoms with Gasteiger partial charge in [-0.05, 0) is 85.5 Å². The Morgan fingerprint density at radius 2 is 1.74 bits per heavy atom. The van der Waals surface area contributed by atoms with Crippen LogP contribution in [0.1, 0.15) is 42.3 Å². The first-order valence-electron chi connectivity index (χ1n) is 13.6. The number of amides is 3. The summed E-state index contributed by atoms with van der Waals surface area (Å²) in [6.07, 6.45) is 3.52. The number of ether oxygens (including phenoxy) is 2. The first-order valence-corrected chi connectivity index (χ1v) is 14.0. The number of anilines is 1. The highest BCUT2D eigenvalue weighted by Crippen LogP contribution is 2.33. The number of nitrogens with one attached hydrogen (secondary N) is 3. The van der Waals surface area contributed by atoms with Crippen molar-refractivity contribution in [2.75, 3.05) is 18.5 Å². The number of allylic oxidation sites excluding steroid dienone is 1. The predicted molar refractivity (Wildman–Crippen MR) is 165 cm³/mol. The van der Waals surface area contributed by atoms with Gasteiger partial charge in [0.05, 0.1) is 12.8 Å². The maximum absolute atomic E-state index is 13.2. The Kier molecular flexibility index (Phi) is 12.3. The molecular formula is C32H34ClFN4O5. The monoisotopic (exact) mass is 608 g/mol. The van der Waals surface area contributed by atoms with Crippen molar-refractivity contribution in [3.05, 3.63) is 101 Å². The van der Waals surface area contributed by atoms with Crippen molar-refractivity contribution in [3.8, 4) is 11.5 Å². The number of hydrogen-bond acceptors (Lipinski definition) is 6. The van der Waals surface area contributed by atoms with Gasteiger partial charge < -0.3 is 20.1 Å². The number of hydrogen-bond donors (Lipinski definition) is 3. The van der Waals surface area contributed by atoms with Gasteiger partial charge >= 0.3 is 0 Å². The Morgan fingerprint density at radius 3 is 2.37 bits per heavy atom. The summed E-state index contributed by atoms with van der Waals surface area (Å²) in [6.45, 7) is 9.23. The summed E-state index contributed by atoms with van der Waals surface area (Å²) >= 11 is 5.90. The lowest BCUT2D eigenvalue weighted by Crippen LogP contribution is -2.48. The molecular weight excluding hydrogens is 575 g/mol. The summed E-state index contributed by atoms with van der Waals surface area (Å²) in [7, 11) is 0. The molecule has 0 fully saturated rings. The van der Waals surface area contributed by atoms with Crippen LogP contribution in [0.25, 0.3) is 0 Å². The van der Waals surface area contributed by atoms with E-state index in [0.29, 0.717) is 51.9 Å². The average Bonchev–Trinajstić information content (AvgIpc) is 2.97. The van der Waals surface area contributed by atoms with Gasteiger partial charge in [0.1, 0.15) is 11.9 Å². The van der Waals surface area contributed by atoms with Crippen LogP contribution in [0.4, 0.5) is 10.1 Å². The average molecular weight is 609 g/mol. The van der Waals surface area contributed by atoms with Crippen molar-refractivity contribution in [3.63, 3.8) is 0 Å². The molecule has 1 atom stereocenters. The zero-order valence-corrected chi connectivity index (χ0v) is 24.9. The molecule has 0 heterocycles. The molecule has 3 aromatic carbocycles. The molecule has 9 nitrogen and oxygen atoms in total. The zero-order valence-electron chi connectivity index (χ0n) is 24.2. The van der Waals surface area contributed by atoms with Crippen LogP contribution >= 0.6 is 11.6 Å². The van der Waals surface area contributed by atoms with E-state index >= 15 is 0 Å². The number of benzene rings is 3. The summed E-state index contributed by atoms with van der Waals surface area (Å²) in [5.74, 6) is -1.22. The van der Waals surface area contributed by atoms with Crippen molar-refractivity contribution >= 4 is 41.2 Å². The lowest BCUT2D eigenvalue weighted by atomic mass is 10.0. The van der Waals surface area contributed by atoms with Crippen molar-refractivity contribution in [1.82, 2.24) is 10.7 Å². The molecule has 0 bridgehead atoms. The molecule has 1 unspecified atom stereocenters. The Balaban J connectivity index is 1.71. The topological polar surface area (TPSA) is 118 Å². The van der Waals surface area contributed by atoms with E-state index in [0.717, 1.165) is 0 Å². The first kappa shape index (κ1) is 32.8. The van der Waals surface area contributed by atoms with Gasteiger partial charge in [-0.2, -0.15) is 5.10 Å². The molecule has 0 aromatic heterocycles. The quantitative estimate of drug-likeness (QED) is 0.126. The third-order valence-corrected chi connectivity index (χ3v) is 6.28. The highest BCUT2D eigenvalue weighted by molar-refractivity contribution is 6.30. The van der Waals surface area contributed by atoms with E-state index in [1.165, 1.54) is 30.5 Å². The molecule has 0 aliphatic rings. The van der Waals surface area contributed by atoms with E-state index < -0.39 is 29.6 Å². The summed E-state index contributed by atoms with van der Waals surface area (Å²) < 4.78 is 24.8. The fourth-order valence-electron chi connectivity index (χ4n) is 3.96. The van der Waals surface area contributed by atoms with E-state index in [-0.39, 0.29) is 12.5 Å². The van der Waals surface area contributed by atoms with Crippen LogP contribution in [0.2, 0.25) is 5.02 Å². The fraction of sp³-hybridized carbons (Fsp3) is 0.250. The first-order chi connectivity index (χ1) is 20.6. The number of carbonyl (C=O) groups excluding carboxylic acids is 3. The number of halogens is 2. The van der Waals surface area contributed by atoms with Crippen LogP contribution in [0.5, 0.6) is 11.5 Å². The maximum atomic E-state index is 13.2. The maximum Gasteiger partial charge on any atom is 0.262 e. The predicted octanol–water partition coefficient (Wildman–Crippen LogP) is 5.53. The van der Waals surface area contributed by atoms with E-state index in [1.54, 1.807) is 42.5 Å². The molecule has 0 radical (unpaired) electrons. The van der Waals surface area contributed by atoms with Gasteiger partial charge in [0.15, 0.2) is 18.1 Å². The molecule has 43 heavy (non-hydrogen) atoms. The zero-order chi connectivity index (χ0) is 31.4. The molecule has 0 aliphatic carbocycles. The molecule has 0 saturated heterocycles. The van der Waals surface area contributed by atoms with Crippen LogP contribution in [-0.4, -0.2) is 43.2 Å². The number of nitrogens with zero attached hydrogens (tertiary/aromatic N) is 1. The molecule has 11 heteroatoms. The smallest absolute Gasteiger partial charge is 0.262 e. The van der Waals surface area contributed by atoms with Crippen molar-refractivity contribution < 1.29 is 28.2 Å². The molecule has 0 saturated carbocycles. The standard InChI is InChI=1S/C32H34ClFN4O5/c1-5-7-23-16-21(17-27(42-6-2)30(23)43-19-28(39)36-26-14-12-25(34)13-15-26)18-35-38-32(41)29(20(3)4)37-31(40)22-8-10-24(33)11-9-22/h5,8-18,20,29H,1,6-7,19H2,2-4H3,(H,36,39)(H,37,40)(H,38,41)/b35-18+. The minimum absolute atomic E-state index is 0.216. The third kappa shape index (κ3) is 9.96. The van der Waals surface area contributed by atoms with Crippen LogP contribution in [0.15, 0.2) is 78.4 Å². The molecule has 0 aliphatic heterocycles. The lowest BCUT2D eigenvalue weighted by Gasteiger charge is -2.20. The Labute approximate surface area is 255 Å². The Hall–Kier alpha value is -4.70. The van der Waals surface area contributed by atoms with Crippen molar-refractivity contribution in [2.24, 2.45) is 11.0 Å². The van der Waals surface area contributed by atoms with E-state index in [1.807, 2.05) is 20.8 Å². The minimum Gasteiger partial charge on any atom is -0.490 e.